The van der Waals surface area contributed by atoms with Crippen LogP contribution in [0.25, 0.3) is 10.9 Å². The summed E-state index contributed by atoms with van der Waals surface area (Å²) in [6.45, 7) is 4.16. The summed E-state index contributed by atoms with van der Waals surface area (Å²) >= 11 is 6.18. The molecule has 1 aromatic heterocycles. The molecule has 3 aromatic rings. The van der Waals surface area contributed by atoms with E-state index in [1.54, 1.807) is 12.3 Å². The molecule has 3 N–H and O–H groups in total. The lowest BCUT2D eigenvalue weighted by atomic mass is 10.00. The van der Waals surface area contributed by atoms with Gasteiger partial charge in [0.1, 0.15) is 0 Å². The summed E-state index contributed by atoms with van der Waals surface area (Å²) in [4.78, 5) is 16.2. The molecule has 0 saturated heterocycles. The number of hydrogen-bond acceptors (Lipinski definition) is 3. The number of halogens is 1. The normalized spacial score (nSPS) is 12.1. The Bertz CT molecular complexity index is 955. The maximum absolute atomic E-state index is 11.7. The summed E-state index contributed by atoms with van der Waals surface area (Å²) in [5.41, 5.74) is 9.68. The first-order valence-corrected chi connectivity index (χ1v) is 9.09. The molecule has 1 heterocycles. The van der Waals surface area contributed by atoms with Crippen LogP contribution in [0.4, 0.5) is 5.69 Å². The Kier molecular flexibility index (Phi) is 5.43. The Balaban J connectivity index is 2.10. The van der Waals surface area contributed by atoms with Gasteiger partial charge in [-0.25, -0.2) is 0 Å². The number of carbonyl (C=O) groups is 1. The fourth-order valence-corrected chi connectivity index (χ4v) is 3.42. The summed E-state index contributed by atoms with van der Waals surface area (Å²) in [5.74, 6) is -0.474. The fraction of sp³-hybridized carbons (Fsp3) is 0.238. The average molecular weight is 368 g/mol. The van der Waals surface area contributed by atoms with Crippen molar-refractivity contribution in [2.45, 2.75) is 32.7 Å². The molecule has 1 amide bonds. The van der Waals surface area contributed by atoms with E-state index in [0.29, 0.717) is 11.1 Å². The lowest BCUT2D eigenvalue weighted by Crippen LogP contribution is -2.14. The summed E-state index contributed by atoms with van der Waals surface area (Å²) in [7, 11) is 0. The second kappa shape index (κ2) is 7.75. The van der Waals surface area contributed by atoms with Gasteiger partial charge in [-0.1, -0.05) is 49.2 Å². The lowest BCUT2D eigenvalue weighted by molar-refractivity contribution is 0.100. The largest absolute Gasteiger partial charge is 0.377 e. The first-order chi connectivity index (χ1) is 12.5. The molecule has 0 radical (unpaired) electrons. The van der Waals surface area contributed by atoms with Gasteiger partial charge in [0.25, 0.3) is 5.91 Å². The molecule has 26 heavy (non-hydrogen) atoms. The lowest BCUT2D eigenvalue weighted by Gasteiger charge is -2.23. The minimum atomic E-state index is -0.474. The number of amides is 1. The number of para-hydroxylation sites is 1. The molecule has 0 aliphatic rings. The van der Waals surface area contributed by atoms with E-state index in [2.05, 4.69) is 23.3 Å². The number of nitrogens with zero attached hydrogens (tertiary/aromatic N) is 1. The van der Waals surface area contributed by atoms with Crippen molar-refractivity contribution in [1.82, 2.24) is 4.98 Å². The van der Waals surface area contributed by atoms with Crippen molar-refractivity contribution < 1.29 is 4.79 Å². The number of pyridine rings is 1. The van der Waals surface area contributed by atoms with Crippen LogP contribution in [0.1, 0.15) is 47.3 Å². The number of nitrogens with two attached hydrogens (primary N) is 1. The highest BCUT2D eigenvalue weighted by molar-refractivity contribution is 6.30. The first kappa shape index (κ1) is 18.2. The van der Waals surface area contributed by atoms with Gasteiger partial charge >= 0.3 is 0 Å². The number of nitrogens with one attached hydrogen (secondary N) is 1. The van der Waals surface area contributed by atoms with Gasteiger partial charge in [0, 0.05) is 22.3 Å². The molecule has 0 fully saturated rings. The number of fused-ring (bicyclic) bond motifs is 1. The fourth-order valence-electron chi connectivity index (χ4n) is 3.22. The molecule has 2 aromatic carbocycles. The van der Waals surface area contributed by atoms with Gasteiger partial charge in [-0.3, -0.25) is 9.78 Å². The number of rotatable bonds is 6. The Labute approximate surface area is 158 Å². The van der Waals surface area contributed by atoms with E-state index in [-0.39, 0.29) is 6.04 Å². The maximum Gasteiger partial charge on any atom is 0.250 e. The summed E-state index contributed by atoms with van der Waals surface area (Å²) in [5, 5.41) is 5.26. The van der Waals surface area contributed by atoms with E-state index in [9.17, 15) is 4.79 Å². The molecule has 0 saturated carbocycles. The van der Waals surface area contributed by atoms with Crippen LogP contribution in [0, 0.1) is 6.92 Å². The van der Waals surface area contributed by atoms with Gasteiger partial charge in [0.05, 0.1) is 17.1 Å². The zero-order valence-electron chi connectivity index (χ0n) is 14.9. The molecule has 0 bridgehead atoms. The van der Waals surface area contributed by atoms with E-state index in [0.717, 1.165) is 40.1 Å². The molecule has 0 unspecified atom stereocenters. The number of aromatic nitrogens is 1. The molecular formula is C21H22ClN3O. The topological polar surface area (TPSA) is 68.0 Å². The highest BCUT2D eigenvalue weighted by atomic mass is 35.5. The zero-order chi connectivity index (χ0) is 18.7. The minimum absolute atomic E-state index is 0.111. The number of carbonyl (C=O) groups excluding carboxylic acids is 1. The van der Waals surface area contributed by atoms with E-state index in [1.807, 2.05) is 37.3 Å². The third-order valence-corrected chi connectivity index (χ3v) is 4.73. The first-order valence-electron chi connectivity index (χ1n) is 8.71. The smallest absolute Gasteiger partial charge is 0.250 e. The zero-order valence-corrected chi connectivity index (χ0v) is 15.7. The van der Waals surface area contributed by atoms with Crippen molar-refractivity contribution >= 4 is 34.1 Å². The molecular weight excluding hydrogens is 346 g/mol. The van der Waals surface area contributed by atoms with Gasteiger partial charge in [-0.05, 0) is 42.7 Å². The Hall–Kier alpha value is -2.59. The van der Waals surface area contributed by atoms with Crippen molar-refractivity contribution in [1.29, 1.82) is 0 Å². The van der Waals surface area contributed by atoms with Crippen LogP contribution in [0.2, 0.25) is 5.02 Å². The molecule has 3 rings (SSSR count). The SMILES string of the molecule is CCC[C@@H](Nc1c(C)cnc2c(C(N)=O)cccc12)c1cccc(Cl)c1. The van der Waals surface area contributed by atoms with Crippen molar-refractivity contribution in [2.75, 3.05) is 5.32 Å². The second-order valence-electron chi connectivity index (χ2n) is 6.42. The molecule has 0 aliphatic heterocycles. The number of primary amides is 1. The van der Waals surface area contributed by atoms with Gasteiger partial charge in [-0.2, -0.15) is 0 Å². The molecule has 0 spiro atoms. The molecule has 5 heteroatoms. The highest BCUT2D eigenvalue weighted by Gasteiger charge is 2.16. The Morgan fingerprint density at radius 1 is 1.27 bits per heavy atom. The van der Waals surface area contributed by atoms with Crippen molar-refractivity contribution in [2.24, 2.45) is 5.73 Å². The minimum Gasteiger partial charge on any atom is -0.377 e. The van der Waals surface area contributed by atoms with Gasteiger partial charge in [-0.15, -0.1) is 0 Å². The van der Waals surface area contributed by atoms with E-state index < -0.39 is 5.91 Å². The van der Waals surface area contributed by atoms with Crippen LogP contribution in [0.3, 0.4) is 0 Å². The van der Waals surface area contributed by atoms with Crippen molar-refractivity contribution in [3.8, 4) is 0 Å². The predicted octanol–water partition coefficient (Wildman–Crippen LogP) is 5.25. The number of benzene rings is 2. The van der Waals surface area contributed by atoms with Crippen LogP contribution in [0.15, 0.2) is 48.7 Å². The third kappa shape index (κ3) is 3.65. The standard InChI is InChI=1S/C21H22ClN3O/c1-3-6-18(14-7-4-8-15(22)11-14)25-19-13(2)12-24-20-16(19)9-5-10-17(20)21(23)26/h4-5,7-12,18H,3,6H2,1-2H3,(H2,23,26)(H,24,25)/t18-/m1/s1. The predicted molar refractivity (Wildman–Crippen MR) is 108 cm³/mol. The van der Waals surface area contributed by atoms with E-state index >= 15 is 0 Å². The number of hydrogen-bond donors (Lipinski definition) is 2. The van der Waals surface area contributed by atoms with Gasteiger partial charge in [0.2, 0.25) is 0 Å². The van der Waals surface area contributed by atoms with Crippen LogP contribution in [-0.4, -0.2) is 10.9 Å². The monoisotopic (exact) mass is 367 g/mol. The molecule has 4 nitrogen and oxygen atoms in total. The Morgan fingerprint density at radius 2 is 2.04 bits per heavy atom. The molecule has 1 atom stereocenters. The van der Waals surface area contributed by atoms with Crippen LogP contribution >= 0.6 is 11.6 Å². The van der Waals surface area contributed by atoms with Gasteiger partial charge in [0.15, 0.2) is 0 Å². The highest BCUT2D eigenvalue weighted by Crippen LogP contribution is 2.32. The van der Waals surface area contributed by atoms with E-state index in [4.69, 9.17) is 17.3 Å². The third-order valence-electron chi connectivity index (χ3n) is 4.50. The number of anilines is 1. The quantitative estimate of drug-likeness (QED) is 0.625. The second-order valence-corrected chi connectivity index (χ2v) is 6.86. The van der Waals surface area contributed by atoms with Crippen molar-refractivity contribution in [3.63, 3.8) is 0 Å². The van der Waals surface area contributed by atoms with Crippen LogP contribution in [0.5, 0.6) is 0 Å². The maximum atomic E-state index is 11.7. The molecule has 0 aliphatic carbocycles. The van der Waals surface area contributed by atoms with Crippen LogP contribution < -0.4 is 11.1 Å². The summed E-state index contributed by atoms with van der Waals surface area (Å²) < 4.78 is 0. The molecule has 134 valence electrons. The van der Waals surface area contributed by atoms with Crippen molar-refractivity contribution in [3.05, 3.63) is 70.4 Å². The van der Waals surface area contributed by atoms with E-state index in [1.165, 1.54) is 0 Å². The Morgan fingerprint density at radius 3 is 2.73 bits per heavy atom. The van der Waals surface area contributed by atoms with Gasteiger partial charge < -0.3 is 11.1 Å². The summed E-state index contributed by atoms with van der Waals surface area (Å²) in [6.07, 6.45) is 3.76. The van der Waals surface area contributed by atoms with Crippen LogP contribution in [-0.2, 0) is 0 Å². The average Bonchev–Trinajstić information content (AvgIpc) is 2.62. The summed E-state index contributed by atoms with van der Waals surface area (Å²) in [6, 6.07) is 13.5. The number of aryl methyl sites for hydroxylation is 1.